The Morgan fingerprint density at radius 1 is 1.00 bits per heavy atom. The number of rotatable bonds is 5. The van der Waals surface area contributed by atoms with Gasteiger partial charge in [0.05, 0.1) is 0 Å². The van der Waals surface area contributed by atoms with E-state index in [0.717, 1.165) is 13.1 Å². The molecular formula is C8H25N5. The van der Waals surface area contributed by atoms with Crippen molar-refractivity contribution in [3.05, 3.63) is 0 Å². The fraction of sp³-hybridized carbons (Fsp3) is 1.00. The molecule has 82 valence electrons. The van der Waals surface area contributed by atoms with Gasteiger partial charge in [-0.2, -0.15) is 5.53 Å². The van der Waals surface area contributed by atoms with Crippen molar-refractivity contribution in [2.45, 2.75) is 27.7 Å². The maximum atomic E-state index is 5.35. The molecule has 0 radical (unpaired) electrons. The molecular weight excluding hydrogens is 166 g/mol. The van der Waals surface area contributed by atoms with Gasteiger partial charge in [0.15, 0.2) is 0 Å². The van der Waals surface area contributed by atoms with Gasteiger partial charge in [0.1, 0.15) is 0 Å². The minimum Gasteiger partial charge on any atom is -0.274 e. The Hall–Kier alpha value is -0.200. The molecule has 0 saturated heterocycles. The van der Waals surface area contributed by atoms with Crippen molar-refractivity contribution in [3.8, 4) is 0 Å². The van der Waals surface area contributed by atoms with Crippen LogP contribution in [0.25, 0.3) is 0 Å². The first-order chi connectivity index (χ1) is 6.06. The summed E-state index contributed by atoms with van der Waals surface area (Å²) in [4.78, 5) is 0. The highest BCUT2D eigenvalue weighted by atomic mass is 15.6. The van der Waals surface area contributed by atoms with Crippen molar-refractivity contribution in [2.24, 2.45) is 29.4 Å². The summed E-state index contributed by atoms with van der Waals surface area (Å²) in [5, 5.41) is 2.05. The maximum Gasteiger partial charge on any atom is 0.0167 e. The average Bonchev–Trinajstić information content (AvgIpc) is 2.05. The summed E-state index contributed by atoms with van der Waals surface area (Å²) in [6.07, 6.45) is 0. The third-order valence-electron chi connectivity index (χ3n) is 1.35. The molecule has 13 heavy (non-hydrogen) atoms. The highest BCUT2D eigenvalue weighted by Crippen LogP contribution is 1.99. The Labute approximate surface area is 81.5 Å². The number of nitrogens with zero attached hydrogens (tertiary/aromatic N) is 1. The van der Waals surface area contributed by atoms with Gasteiger partial charge in [0, 0.05) is 13.1 Å². The van der Waals surface area contributed by atoms with Crippen LogP contribution in [0.2, 0.25) is 0 Å². The lowest BCUT2D eigenvalue weighted by atomic mass is 10.2. The molecule has 0 unspecified atom stereocenters. The van der Waals surface area contributed by atoms with Gasteiger partial charge in [-0.15, -0.1) is 0 Å². The summed E-state index contributed by atoms with van der Waals surface area (Å²) in [7, 11) is 0. The molecule has 0 atom stereocenters. The first-order valence-electron chi connectivity index (χ1n) is 4.60. The standard InChI is InChI=1S/C8H21N3.H4N2/c1-7(2)5-11(10-9)6-8(3)4;1-2/h7-8,10H,5-6,9H2,1-4H3;1-2H2. The molecule has 0 amide bonds. The van der Waals surface area contributed by atoms with Crippen LogP contribution in [0, 0.1) is 11.8 Å². The molecule has 7 N–H and O–H groups in total. The summed E-state index contributed by atoms with van der Waals surface area (Å²) in [6.45, 7) is 10.8. The molecule has 0 aliphatic heterocycles. The topological polar surface area (TPSA) is 93.3 Å². The van der Waals surface area contributed by atoms with E-state index in [-0.39, 0.29) is 0 Å². The van der Waals surface area contributed by atoms with E-state index in [9.17, 15) is 0 Å². The average molecular weight is 191 g/mol. The predicted octanol–water partition coefficient (Wildman–Crippen LogP) is -0.202. The second-order valence-corrected chi connectivity index (χ2v) is 3.82. The van der Waals surface area contributed by atoms with Crippen LogP contribution < -0.4 is 23.1 Å². The zero-order valence-corrected chi connectivity index (χ0v) is 9.25. The maximum absolute atomic E-state index is 5.35. The molecule has 0 aliphatic carbocycles. The Morgan fingerprint density at radius 3 is 1.46 bits per heavy atom. The number of nitrogens with one attached hydrogen (secondary N) is 1. The van der Waals surface area contributed by atoms with Crippen LogP contribution in [-0.4, -0.2) is 18.1 Å². The molecule has 0 heterocycles. The zero-order chi connectivity index (χ0) is 10.9. The Bertz CT molecular complexity index is 84.5. The van der Waals surface area contributed by atoms with Gasteiger partial charge in [-0.05, 0) is 11.8 Å². The van der Waals surface area contributed by atoms with Crippen molar-refractivity contribution >= 4 is 0 Å². The van der Waals surface area contributed by atoms with Gasteiger partial charge < -0.3 is 0 Å². The molecule has 0 bridgehead atoms. The third-order valence-corrected chi connectivity index (χ3v) is 1.35. The smallest absolute Gasteiger partial charge is 0.0167 e. The minimum absolute atomic E-state index is 0.657. The first-order valence-corrected chi connectivity index (χ1v) is 4.60. The summed E-state index contributed by atoms with van der Waals surface area (Å²) in [6, 6.07) is 0. The summed E-state index contributed by atoms with van der Waals surface area (Å²) >= 11 is 0. The van der Waals surface area contributed by atoms with Crippen molar-refractivity contribution < 1.29 is 0 Å². The molecule has 5 heteroatoms. The minimum atomic E-state index is 0.657. The van der Waals surface area contributed by atoms with Crippen molar-refractivity contribution in [2.75, 3.05) is 13.1 Å². The molecule has 0 spiro atoms. The van der Waals surface area contributed by atoms with Crippen LogP contribution in [-0.2, 0) is 0 Å². The highest BCUT2D eigenvalue weighted by Gasteiger charge is 2.06. The largest absolute Gasteiger partial charge is 0.274 e. The van der Waals surface area contributed by atoms with Gasteiger partial charge in [-0.25, -0.2) is 5.01 Å². The van der Waals surface area contributed by atoms with E-state index in [4.69, 9.17) is 5.84 Å². The first kappa shape index (κ1) is 15.3. The quantitative estimate of drug-likeness (QED) is 0.357. The molecule has 5 nitrogen and oxygen atoms in total. The molecule has 0 aromatic heterocycles. The van der Waals surface area contributed by atoms with E-state index < -0.39 is 0 Å². The van der Waals surface area contributed by atoms with E-state index >= 15 is 0 Å². The predicted molar refractivity (Wildman–Crippen MR) is 56.9 cm³/mol. The van der Waals surface area contributed by atoms with Crippen molar-refractivity contribution in [1.29, 1.82) is 0 Å². The lowest BCUT2D eigenvalue weighted by Gasteiger charge is -2.24. The Balaban J connectivity index is 0. The van der Waals surface area contributed by atoms with Crippen LogP contribution in [0.5, 0.6) is 0 Å². The van der Waals surface area contributed by atoms with Gasteiger partial charge in [0.2, 0.25) is 0 Å². The Morgan fingerprint density at radius 2 is 1.31 bits per heavy atom. The van der Waals surface area contributed by atoms with E-state index in [1.165, 1.54) is 0 Å². The van der Waals surface area contributed by atoms with Crippen LogP contribution in [0.15, 0.2) is 0 Å². The van der Waals surface area contributed by atoms with E-state index in [2.05, 4.69) is 49.9 Å². The molecule has 0 aromatic carbocycles. The highest BCUT2D eigenvalue weighted by molar-refractivity contribution is 4.55. The Kier molecular flexibility index (Phi) is 11.6. The second-order valence-electron chi connectivity index (χ2n) is 3.82. The van der Waals surface area contributed by atoms with E-state index in [0.29, 0.717) is 11.8 Å². The van der Waals surface area contributed by atoms with E-state index in [1.807, 2.05) is 0 Å². The van der Waals surface area contributed by atoms with Gasteiger partial charge in [-0.1, -0.05) is 27.7 Å². The summed E-state index contributed by atoms with van der Waals surface area (Å²) < 4.78 is 0. The molecule has 0 aromatic rings. The summed E-state index contributed by atoms with van der Waals surface area (Å²) in [5.74, 6) is 14.7. The fourth-order valence-electron chi connectivity index (χ4n) is 1.06. The molecule has 0 aliphatic rings. The normalized spacial score (nSPS) is 10.6. The van der Waals surface area contributed by atoms with Crippen LogP contribution >= 0.6 is 0 Å². The summed E-state index contributed by atoms with van der Waals surface area (Å²) in [5.41, 5.74) is 2.70. The lowest BCUT2D eigenvalue weighted by molar-refractivity contribution is 0.149. The van der Waals surface area contributed by atoms with Crippen molar-refractivity contribution in [3.63, 3.8) is 0 Å². The third kappa shape index (κ3) is 11.8. The van der Waals surface area contributed by atoms with Gasteiger partial charge in [-0.3, -0.25) is 17.5 Å². The monoisotopic (exact) mass is 191 g/mol. The molecule has 0 rings (SSSR count). The SMILES string of the molecule is CC(C)CN(CC(C)C)NN.NN. The zero-order valence-electron chi connectivity index (χ0n) is 9.25. The number of hydrogen-bond acceptors (Lipinski definition) is 5. The van der Waals surface area contributed by atoms with Gasteiger partial charge in [0.25, 0.3) is 0 Å². The molecule has 0 saturated carbocycles. The fourth-order valence-corrected chi connectivity index (χ4v) is 1.06. The second kappa shape index (κ2) is 9.88. The van der Waals surface area contributed by atoms with Crippen LogP contribution in [0.1, 0.15) is 27.7 Å². The number of hydrogen-bond donors (Lipinski definition) is 4. The van der Waals surface area contributed by atoms with Crippen LogP contribution in [0.3, 0.4) is 0 Å². The molecule has 0 fully saturated rings. The number of hydrazine groups is 3. The van der Waals surface area contributed by atoms with Gasteiger partial charge >= 0.3 is 0 Å². The number of nitrogens with two attached hydrogens (primary N) is 3. The van der Waals surface area contributed by atoms with Crippen molar-refractivity contribution in [1.82, 2.24) is 10.5 Å². The van der Waals surface area contributed by atoms with Crippen LogP contribution in [0.4, 0.5) is 0 Å². The van der Waals surface area contributed by atoms with E-state index in [1.54, 1.807) is 0 Å². The lowest BCUT2D eigenvalue weighted by Crippen LogP contribution is -2.46.